The molecule has 0 aliphatic heterocycles. The highest BCUT2D eigenvalue weighted by Crippen LogP contribution is 2.19. The van der Waals surface area contributed by atoms with E-state index in [1.54, 1.807) is 0 Å². The zero-order valence-corrected chi connectivity index (χ0v) is 10.9. The van der Waals surface area contributed by atoms with Crippen molar-refractivity contribution in [2.45, 2.75) is 26.7 Å². The first-order valence-electron chi connectivity index (χ1n) is 6.43. The van der Waals surface area contributed by atoms with E-state index in [2.05, 4.69) is 12.2 Å². The molecule has 0 aliphatic rings. The maximum atomic E-state index is 5.65. The van der Waals surface area contributed by atoms with Crippen molar-refractivity contribution in [2.24, 2.45) is 0 Å². The fraction of sp³-hybridized carbons (Fsp3) is 0.571. The summed E-state index contributed by atoms with van der Waals surface area (Å²) in [6.07, 6.45) is 2.20. The van der Waals surface area contributed by atoms with Crippen LogP contribution in [0.4, 0.5) is 0 Å². The van der Waals surface area contributed by atoms with E-state index in [0.717, 1.165) is 37.6 Å². The van der Waals surface area contributed by atoms with Crippen molar-refractivity contribution < 1.29 is 9.47 Å². The molecule has 0 fully saturated rings. The minimum absolute atomic E-state index is 0.685. The Morgan fingerprint density at radius 3 is 2.53 bits per heavy atom. The molecule has 1 aromatic carbocycles. The lowest BCUT2D eigenvalue weighted by Crippen LogP contribution is -2.18. The van der Waals surface area contributed by atoms with Gasteiger partial charge in [-0.05, 0) is 45.0 Å². The molecule has 1 N–H and O–H groups in total. The molecule has 0 bridgehead atoms. The van der Waals surface area contributed by atoms with Crippen molar-refractivity contribution >= 4 is 0 Å². The third-order valence-corrected chi connectivity index (χ3v) is 2.31. The highest BCUT2D eigenvalue weighted by Gasteiger charge is 1.97. The van der Waals surface area contributed by atoms with E-state index in [0.29, 0.717) is 6.61 Å². The zero-order chi connectivity index (χ0) is 12.3. The van der Waals surface area contributed by atoms with Crippen molar-refractivity contribution in [1.29, 1.82) is 0 Å². The van der Waals surface area contributed by atoms with Gasteiger partial charge in [0.1, 0.15) is 11.5 Å². The molecular weight excluding hydrogens is 214 g/mol. The predicted octanol–water partition coefficient (Wildman–Crippen LogP) is 2.85. The normalized spacial score (nSPS) is 10.2. The summed E-state index contributed by atoms with van der Waals surface area (Å²) in [5.74, 6) is 1.75. The molecule has 1 aromatic rings. The van der Waals surface area contributed by atoms with Gasteiger partial charge in [-0.1, -0.05) is 13.0 Å². The van der Waals surface area contributed by atoms with Gasteiger partial charge in [0.25, 0.3) is 0 Å². The minimum Gasteiger partial charge on any atom is -0.494 e. The lowest BCUT2D eigenvalue weighted by molar-refractivity contribution is 0.302. The number of benzene rings is 1. The fourth-order valence-electron chi connectivity index (χ4n) is 1.51. The van der Waals surface area contributed by atoms with E-state index in [4.69, 9.17) is 9.47 Å². The molecule has 0 aromatic heterocycles. The maximum Gasteiger partial charge on any atom is 0.122 e. The molecule has 3 heteroatoms. The van der Waals surface area contributed by atoms with Gasteiger partial charge in [-0.25, -0.2) is 0 Å². The molecule has 0 spiro atoms. The number of ether oxygens (including phenoxy) is 2. The Labute approximate surface area is 104 Å². The smallest absolute Gasteiger partial charge is 0.122 e. The van der Waals surface area contributed by atoms with E-state index >= 15 is 0 Å². The Hall–Kier alpha value is -1.22. The molecule has 0 heterocycles. The van der Waals surface area contributed by atoms with Crippen LogP contribution in [0, 0.1) is 0 Å². The van der Waals surface area contributed by atoms with Crippen LogP contribution in [0.25, 0.3) is 0 Å². The van der Waals surface area contributed by atoms with Gasteiger partial charge in [0.2, 0.25) is 0 Å². The molecule has 0 amide bonds. The quantitative estimate of drug-likeness (QED) is 0.670. The van der Waals surface area contributed by atoms with Crippen LogP contribution in [0.15, 0.2) is 24.3 Å². The summed E-state index contributed by atoms with van der Waals surface area (Å²) >= 11 is 0. The SMILES string of the molecule is CCCNCCCOc1cccc(OCC)c1. The van der Waals surface area contributed by atoms with Crippen LogP contribution in [0.5, 0.6) is 11.5 Å². The Bertz CT molecular complexity index is 302. The average molecular weight is 237 g/mol. The Kier molecular flexibility index (Phi) is 7.23. The fourth-order valence-corrected chi connectivity index (χ4v) is 1.51. The third-order valence-electron chi connectivity index (χ3n) is 2.31. The van der Waals surface area contributed by atoms with Crippen molar-refractivity contribution in [3.63, 3.8) is 0 Å². The lowest BCUT2D eigenvalue weighted by atomic mass is 10.3. The average Bonchev–Trinajstić information content (AvgIpc) is 2.35. The lowest BCUT2D eigenvalue weighted by Gasteiger charge is -2.08. The molecular formula is C14H23NO2. The second kappa shape index (κ2) is 8.88. The second-order valence-corrected chi connectivity index (χ2v) is 3.86. The number of nitrogens with one attached hydrogen (secondary N) is 1. The zero-order valence-electron chi connectivity index (χ0n) is 10.9. The van der Waals surface area contributed by atoms with E-state index in [9.17, 15) is 0 Å². The Balaban J connectivity index is 2.19. The van der Waals surface area contributed by atoms with Gasteiger partial charge in [-0.3, -0.25) is 0 Å². The first-order valence-corrected chi connectivity index (χ1v) is 6.43. The molecule has 1 rings (SSSR count). The van der Waals surface area contributed by atoms with E-state index in [1.807, 2.05) is 31.2 Å². The molecule has 0 radical (unpaired) electrons. The summed E-state index contributed by atoms with van der Waals surface area (Å²) in [4.78, 5) is 0. The van der Waals surface area contributed by atoms with Crippen LogP contribution in [-0.2, 0) is 0 Å². The summed E-state index contributed by atoms with van der Waals surface area (Å²) in [6, 6.07) is 7.79. The van der Waals surface area contributed by atoms with Crippen LogP contribution in [0.2, 0.25) is 0 Å². The number of rotatable bonds is 9. The topological polar surface area (TPSA) is 30.5 Å². The first-order chi connectivity index (χ1) is 8.36. The molecule has 0 atom stereocenters. The van der Waals surface area contributed by atoms with Crippen molar-refractivity contribution in [3.05, 3.63) is 24.3 Å². The van der Waals surface area contributed by atoms with Gasteiger partial charge >= 0.3 is 0 Å². The summed E-state index contributed by atoms with van der Waals surface area (Å²) in [6.45, 7) is 7.67. The number of hydrogen-bond acceptors (Lipinski definition) is 3. The molecule has 0 saturated heterocycles. The van der Waals surface area contributed by atoms with Gasteiger partial charge in [0, 0.05) is 6.07 Å². The largest absolute Gasteiger partial charge is 0.494 e. The molecule has 0 saturated carbocycles. The maximum absolute atomic E-state index is 5.65. The van der Waals surface area contributed by atoms with Gasteiger partial charge in [-0.15, -0.1) is 0 Å². The first kappa shape index (κ1) is 13.8. The van der Waals surface area contributed by atoms with Crippen LogP contribution in [-0.4, -0.2) is 26.3 Å². The van der Waals surface area contributed by atoms with Crippen LogP contribution in [0.1, 0.15) is 26.7 Å². The van der Waals surface area contributed by atoms with Crippen LogP contribution >= 0.6 is 0 Å². The van der Waals surface area contributed by atoms with E-state index in [-0.39, 0.29) is 0 Å². The number of hydrogen-bond donors (Lipinski definition) is 1. The summed E-state index contributed by atoms with van der Waals surface area (Å²) < 4.78 is 11.1. The third kappa shape index (κ3) is 6.17. The predicted molar refractivity (Wildman–Crippen MR) is 70.9 cm³/mol. The highest BCUT2D eigenvalue weighted by molar-refractivity contribution is 5.32. The van der Waals surface area contributed by atoms with E-state index < -0.39 is 0 Å². The van der Waals surface area contributed by atoms with Crippen LogP contribution < -0.4 is 14.8 Å². The van der Waals surface area contributed by atoms with Gasteiger partial charge in [0.15, 0.2) is 0 Å². The molecule has 96 valence electrons. The Morgan fingerprint density at radius 2 is 1.82 bits per heavy atom. The summed E-state index contributed by atoms with van der Waals surface area (Å²) in [5, 5.41) is 3.35. The van der Waals surface area contributed by atoms with Crippen molar-refractivity contribution in [3.8, 4) is 11.5 Å². The second-order valence-electron chi connectivity index (χ2n) is 3.86. The van der Waals surface area contributed by atoms with Crippen molar-refractivity contribution in [1.82, 2.24) is 5.32 Å². The van der Waals surface area contributed by atoms with Crippen molar-refractivity contribution in [2.75, 3.05) is 26.3 Å². The summed E-state index contributed by atoms with van der Waals surface area (Å²) in [7, 11) is 0. The standard InChI is InChI=1S/C14H23NO2/c1-3-9-15-10-6-11-17-14-8-5-7-13(12-14)16-4-2/h5,7-8,12,15H,3-4,6,9-11H2,1-2H3. The minimum atomic E-state index is 0.685. The molecule has 3 nitrogen and oxygen atoms in total. The van der Waals surface area contributed by atoms with Gasteiger partial charge in [0.05, 0.1) is 13.2 Å². The van der Waals surface area contributed by atoms with Crippen LogP contribution in [0.3, 0.4) is 0 Å². The summed E-state index contributed by atoms with van der Waals surface area (Å²) in [5.41, 5.74) is 0. The molecule has 0 aliphatic carbocycles. The Morgan fingerprint density at radius 1 is 1.06 bits per heavy atom. The van der Waals surface area contributed by atoms with E-state index in [1.165, 1.54) is 6.42 Å². The monoisotopic (exact) mass is 237 g/mol. The molecule has 17 heavy (non-hydrogen) atoms. The highest BCUT2D eigenvalue weighted by atomic mass is 16.5. The molecule has 0 unspecified atom stereocenters. The van der Waals surface area contributed by atoms with Gasteiger partial charge in [-0.2, -0.15) is 0 Å². The van der Waals surface area contributed by atoms with Gasteiger partial charge < -0.3 is 14.8 Å².